The van der Waals surface area contributed by atoms with Crippen molar-refractivity contribution in [2.24, 2.45) is 5.41 Å². The first-order valence-corrected chi connectivity index (χ1v) is 7.96. The lowest BCUT2D eigenvalue weighted by Crippen LogP contribution is -2.23. The molecule has 0 unspecified atom stereocenters. The Morgan fingerprint density at radius 3 is 2.45 bits per heavy atom. The topological polar surface area (TPSA) is 0 Å². The van der Waals surface area contributed by atoms with Crippen LogP contribution in [0, 0.1) is 24.7 Å². The van der Waals surface area contributed by atoms with E-state index in [-0.39, 0.29) is 5.41 Å². The molecule has 0 saturated heterocycles. The highest BCUT2D eigenvalue weighted by Crippen LogP contribution is 2.54. The van der Waals surface area contributed by atoms with Crippen molar-refractivity contribution in [1.82, 2.24) is 0 Å². The van der Waals surface area contributed by atoms with Crippen LogP contribution in [-0.2, 0) is 5.41 Å². The van der Waals surface area contributed by atoms with E-state index < -0.39 is 0 Å². The average molecular weight is 266 g/mol. The molecule has 0 amide bonds. The predicted molar refractivity (Wildman–Crippen MR) is 86.1 cm³/mol. The molecule has 0 N–H and O–H groups in total. The minimum Gasteiger partial charge on any atom is -0.115 e. The van der Waals surface area contributed by atoms with E-state index in [1.54, 1.807) is 0 Å². The van der Waals surface area contributed by atoms with Gasteiger partial charge in [0.05, 0.1) is 0 Å². The van der Waals surface area contributed by atoms with Gasteiger partial charge in [-0.1, -0.05) is 26.7 Å². The van der Waals surface area contributed by atoms with E-state index in [0.717, 1.165) is 11.5 Å². The highest BCUT2D eigenvalue weighted by molar-refractivity contribution is 5.49. The summed E-state index contributed by atoms with van der Waals surface area (Å²) >= 11 is 0. The zero-order valence-electron chi connectivity index (χ0n) is 13.3. The van der Waals surface area contributed by atoms with Gasteiger partial charge < -0.3 is 0 Å². The summed E-state index contributed by atoms with van der Waals surface area (Å²) in [5.41, 5.74) is 6.38. The number of terminal acetylenes is 1. The molecule has 0 radical (unpaired) electrons. The summed E-state index contributed by atoms with van der Waals surface area (Å²) in [6.07, 6.45) is 12.4. The number of rotatable bonds is 4. The van der Waals surface area contributed by atoms with Gasteiger partial charge in [0, 0.05) is 5.56 Å². The second kappa shape index (κ2) is 4.39. The van der Waals surface area contributed by atoms with Gasteiger partial charge >= 0.3 is 0 Å². The smallest absolute Gasteiger partial charge is 0.0248 e. The Kier molecular flexibility index (Phi) is 3.02. The van der Waals surface area contributed by atoms with Gasteiger partial charge in [-0.15, -0.1) is 6.42 Å². The summed E-state index contributed by atoms with van der Waals surface area (Å²) in [7, 11) is 0. The van der Waals surface area contributed by atoms with E-state index in [4.69, 9.17) is 6.42 Å². The zero-order valence-corrected chi connectivity index (χ0v) is 13.3. The van der Waals surface area contributed by atoms with E-state index in [2.05, 4.69) is 45.7 Å². The fourth-order valence-corrected chi connectivity index (χ4v) is 3.89. The Morgan fingerprint density at radius 1 is 1.30 bits per heavy atom. The van der Waals surface area contributed by atoms with Crippen LogP contribution in [0.5, 0.6) is 0 Å². The number of benzene rings is 1. The maximum absolute atomic E-state index is 5.69. The molecule has 0 heteroatoms. The predicted octanol–water partition coefficient (Wildman–Crippen LogP) is 5.32. The molecule has 2 aliphatic carbocycles. The minimum absolute atomic E-state index is 0.228. The minimum atomic E-state index is 0.228. The molecule has 0 aromatic heterocycles. The summed E-state index contributed by atoms with van der Waals surface area (Å²) in [6, 6.07) is 4.53. The second-order valence-corrected chi connectivity index (χ2v) is 8.03. The first kappa shape index (κ1) is 13.7. The molecule has 0 spiro atoms. The molecule has 3 rings (SSSR count). The lowest BCUT2D eigenvalue weighted by atomic mass is 9.73. The van der Waals surface area contributed by atoms with Crippen LogP contribution in [0.1, 0.15) is 81.0 Å². The van der Waals surface area contributed by atoms with Crippen molar-refractivity contribution in [3.8, 4) is 12.3 Å². The molecule has 0 atom stereocenters. The van der Waals surface area contributed by atoms with Crippen molar-refractivity contribution < 1.29 is 0 Å². The van der Waals surface area contributed by atoms with Gasteiger partial charge in [-0.25, -0.2) is 0 Å². The molecule has 2 saturated carbocycles. The van der Waals surface area contributed by atoms with Gasteiger partial charge in [-0.05, 0) is 84.6 Å². The third-order valence-electron chi connectivity index (χ3n) is 5.33. The van der Waals surface area contributed by atoms with Crippen LogP contribution in [0.25, 0.3) is 0 Å². The van der Waals surface area contributed by atoms with Crippen LogP contribution < -0.4 is 0 Å². The van der Waals surface area contributed by atoms with Crippen LogP contribution in [0.15, 0.2) is 12.1 Å². The van der Waals surface area contributed by atoms with Gasteiger partial charge in [0.25, 0.3) is 0 Å². The van der Waals surface area contributed by atoms with Crippen LogP contribution in [0.3, 0.4) is 0 Å². The molecular formula is C20H26. The van der Waals surface area contributed by atoms with Crippen molar-refractivity contribution in [2.75, 3.05) is 0 Å². The molecule has 106 valence electrons. The molecule has 1 aromatic carbocycles. The van der Waals surface area contributed by atoms with Crippen molar-refractivity contribution in [3.63, 3.8) is 0 Å². The average Bonchev–Trinajstić information content (AvgIpc) is 3.26. The third-order valence-corrected chi connectivity index (χ3v) is 5.33. The van der Waals surface area contributed by atoms with E-state index in [1.165, 1.54) is 48.8 Å². The Balaban J connectivity index is 2.03. The van der Waals surface area contributed by atoms with Crippen LogP contribution >= 0.6 is 0 Å². The Morgan fingerprint density at radius 2 is 1.95 bits per heavy atom. The molecule has 20 heavy (non-hydrogen) atoms. The zero-order chi connectivity index (χ0) is 14.5. The Labute approximate surface area is 124 Å². The Hall–Kier alpha value is -1.22. The van der Waals surface area contributed by atoms with Crippen LogP contribution in [0.2, 0.25) is 0 Å². The first-order chi connectivity index (χ1) is 9.35. The lowest BCUT2D eigenvalue weighted by molar-refractivity contribution is 0.362. The van der Waals surface area contributed by atoms with Gasteiger partial charge in [-0.3, -0.25) is 0 Å². The van der Waals surface area contributed by atoms with Crippen molar-refractivity contribution in [2.45, 2.75) is 71.1 Å². The second-order valence-electron chi connectivity index (χ2n) is 8.03. The summed E-state index contributed by atoms with van der Waals surface area (Å²) in [5, 5.41) is 0. The van der Waals surface area contributed by atoms with Gasteiger partial charge in [-0.2, -0.15) is 0 Å². The molecule has 0 aliphatic heterocycles. The maximum Gasteiger partial charge on any atom is 0.0248 e. The summed E-state index contributed by atoms with van der Waals surface area (Å²) in [6.45, 7) is 9.53. The molecule has 2 fully saturated rings. The fraction of sp³-hybridized carbons (Fsp3) is 0.600. The monoisotopic (exact) mass is 266 g/mol. The third kappa shape index (κ3) is 2.51. The van der Waals surface area contributed by atoms with Gasteiger partial charge in [0.15, 0.2) is 0 Å². The normalized spacial score (nSPS) is 20.6. The molecule has 0 bridgehead atoms. The lowest BCUT2D eigenvalue weighted by Gasteiger charge is -2.31. The Bertz CT molecular complexity index is 575. The van der Waals surface area contributed by atoms with Crippen LogP contribution in [0.4, 0.5) is 0 Å². The molecule has 2 aliphatic rings. The number of hydrogen-bond acceptors (Lipinski definition) is 0. The van der Waals surface area contributed by atoms with Crippen molar-refractivity contribution >= 4 is 0 Å². The van der Waals surface area contributed by atoms with Crippen LogP contribution in [-0.4, -0.2) is 0 Å². The highest BCUT2D eigenvalue weighted by atomic mass is 14.5. The van der Waals surface area contributed by atoms with E-state index in [1.807, 2.05) is 0 Å². The summed E-state index contributed by atoms with van der Waals surface area (Å²) < 4.78 is 0. The quantitative estimate of drug-likeness (QED) is 0.647. The van der Waals surface area contributed by atoms with E-state index in [0.29, 0.717) is 5.41 Å². The molecule has 0 heterocycles. The SMILES string of the molecule is C#Cc1cc(C2CC2)c(C)c(C(C)(C)CC2(C)CC2)c1. The van der Waals surface area contributed by atoms with Crippen molar-refractivity contribution in [3.05, 3.63) is 34.4 Å². The number of hydrogen-bond donors (Lipinski definition) is 0. The standard InChI is InChI=1S/C20H26/c1-6-15-11-17(16-7-8-16)14(2)18(12-15)19(3,4)13-20(5)9-10-20/h1,11-12,16H,7-10,13H2,2-5H3. The summed E-state index contributed by atoms with van der Waals surface area (Å²) in [5.74, 6) is 3.64. The van der Waals surface area contributed by atoms with Gasteiger partial charge in [0.2, 0.25) is 0 Å². The fourth-order valence-electron chi connectivity index (χ4n) is 3.89. The molecule has 0 nitrogen and oxygen atoms in total. The summed E-state index contributed by atoms with van der Waals surface area (Å²) in [4.78, 5) is 0. The first-order valence-electron chi connectivity index (χ1n) is 7.96. The largest absolute Gasteiger partial charge is 0.115 e. The molecule has 1 aromatic rings. The van der Waals surface area contributed by atoms with E-state index >= 15 is 0 Å². The molecular weight excluding hydrogens is 240 g/mol. The van der Waals surface area contributed by atoms with Gasteiger partial charge in [0.1, 0.15) is 0 Å². The van der Waals surface area contributed by atoms with E-state index in [9.17, 15) is 0 Å². The van der Waals surface area contributed by atoms with Crippen molar-refractivity contribution in [1.29, 1.82) is 0 Å². The maximum atomic E-state index is 5.69. The highest BCUT2D eigenvalue weighted by Gasteiger charge is 2.43.